The molecule has 7 nitrogen and oxygen atoms in total. The topological polar surface area (TPSA) is 80.0 Å². The van der Waals surface area contributed by atoms with Crippen LogP contribution in [-0.2, 0) is 9.59 Å². The third-order valence-corrected chi connectivity index (χ3v) is 4.93. The fourth-order valence-electron chi connectivity index (χ4n) is 3.21. The highest BCUT2D eigenvalue weighted by molar-refractivity contribution is 6.32. The number of aromatic nitrogens is 1. The lowest BCUT2D eigenvalue weighted by Crippen LogP contribution is -3.28. The number of anilines is 2. The van der Waals surface area contributed by atoms with Crippen molar-refractivity contribution in [2.75, 3.05) is 49.9 Å². The highest BCUT2D eigenvalue weighted by atomic mass is 35.5. The number of hydrogen-bond donors (Lipinski definition) is 4. The summed E-state index contributed by atoms with van der Waals surface area (Å²) in [6, 6.07) is 9.27. The average Bonchev–Trinajstić information content (AvgIpc) is 2.65. The van der Waals surface area contributed by atoms with E-state index in [1.807, 2.05) is 0 Å². The summed E-state index contributed by atoms with van der Waals surface area (Å²) in [7, 11) is 0. The number of hydrogen-bond acceptors (Lipinski definition) is 3. The normalized spacial score (nSPS) is 19.1. The zero-order valence-electron chi connectivity index (χ0n) is 15.3. The number of amides is 2. The molecule has 1 aliphatic rings. The number of rotatable bonds is 6. The first-order valence-electron chi connectivity index (χ1n) is 9.12. The number of nitrogens with zero attached hydrogens (tertiary/aromatic N) is 1. The van der Waals surface area contributed by atoms with Crippen molar-refractivity contribution in [1.82, 2.24) is 4.98 Å². The lowest BCUT2D eigenvalue weighted by atomic mass is 10.3. The van der Waals surface area contributed by atoms with E-state index in [1.54, 1.807) is 30.5 Å². The Morgan fingerprint density at radius 3 is 2.25 bits per heavy atom. The monoisotopic (exact) mass is 407 g/mol. The zero-order chi connectivity index (χ0) is 19.9. The standard InChI is InChI=1S/C19H21ClFN5O2/c20-19-16(5-2-6-22-19)24-18(28)13-26-9-7-25(8-10-26)12-17(27)23-15-4-1-3-14(21)11-15/h1-6,11H,7-10,12-13H2,(H,23,27)(H,24,28)/p+2. The van der Waals surface area contributed by atoms with Crippen LogP contribution in [0.3, 0.4) is 0 Å². The van der Waals surface area contributed by atoms with Gasteiger partial charge < -0.3 is 20.4 Å². The van der Waals surface area contributed by atoms with Gasteiger partial charge in [0.15, 0.2) is 18.2 Å². The van der Waals surface area contributed by atoms with Crippen LogP contribution in [0, 0.1) is 5.82 Å². The number of benzene rings is 1. The number of pyridine rings is 1. The predicted octanol–water partition coefficient (Wildman–Crippen LogP) is -0.765. The number of piperazine rings is 1. The number of carbonyl (C=O) groups excluding carboxylic acids is 2. The summed E-state index contributed by atoms with van der Waals surface area (Å²) in [5, 5.41) is 5.76. The molecule has 1 saturated heterocycles. The van der Waals surface area contributed by atoms with Gasteiger partial charge in [0, 0.05) is 11.9 Å². The molecule has 1 aromatic heterocycles. The molecule has 0 aliphatic carbocycles. The van der Waals surface area contributed by atoms with E-state index >= 15 is 0 Å². The molecule has 0 spiro atoms. The van der Waals surface area contributed by atoms with Crippen molar-refractivity contribution in [2.24, 2.45) is 0 Å². The lowest BCUT2D eigenvalue weighted by molar-refractivity contribution is -1.00. The summed E-state index contributed by atoms with van der Waals surface area (Å²) in [6.07, 6.45) is 1.57. The van der Waals surface area contributed by atoms with Crippen LogP contribution >= 0.6 is 11.6 Å². The first-order chi connectivity index (χ1) is 13.5. The summed E-state index contributed by atoms with van der Waals surface area (Å²) < 4.78 is 13.2. The second-order valence-corrected chi connectivity index (χ2v) is 7.16. The summed E-state index contributed by atoms with van der Waals surface area (Å²) in [4.78, 5) is 30.6. The van der Waals surface area contributed by atoms with E-state index in [4.69, 9.17) is 11.6 Å². The fourth-order valence-corrected chi connectivity index (χ4v) is 3.38. The van der Waals surface area contributed by atoms with E-state index in [2.05, 4.69) is 15.6 Å². The quantitative estimate of drug-likeness (QED) is 0.475. The molecule has 148 valence electrons. The number of carbonyl (C=O) groups is 2. The van der Waals surface area contributed by atoms with E-state index in [1.165, 1.54) is 12.1 Å². The van der Waals surface area contributed by atoms with Gasteiger partial charge in [-0.2, -0.15) is 0 Å². The maximum absolute atomic E-state index is 13.2. The fraction of sp³-hybridized carbons (Fsp3) is 0.316. The van der Waals surface area contributed by atoms with Crippen molar-refractivity contribution in [3.05, 3.63) is 53.6 Å². The first-order valence-corrected chi connectivity index (χ1v) is 9.50. The SMILES string of the molecule is O=C(C[NH+]1CC[NH+](CC(=O)Nc2cccnc2Cl)CC1)Nc1cccc(F)c1. The summed E-state index contributed by atoms with van der Waals surface area (Å²) in [6.45, 7) is 3.81. The Morgan fingerprint density at radius 1 is 1.00 bits per heavy atom. The van der Waals surface area contributed by atoms with Crippen molar-refractivity contribution in [1.29, 1.82) is 0 Å². The van der Waals surface area contributed by atoms with Crippen LogP contribution in [0.5, 0.6) is 0 Å². The Hall–Kier alpha value is -2.55. The molecule has 0 unspecified atom stereocenters. The number of halogens is 2. The van der Waals surface area contributed by atoms with Crippen molar-refractivity contribution in [2.45, 2.75) is 0 Å². The van der Waals surface area contributed by atoms with Crippen LogP contribution < -0.4 is 20.4 Å². The van der Waals surface area contributed by atoms with Crippen LogP contribution in [0.15, 0.2) is 42.6 Å². The van der Waals surface area contributed by atoms with Crippen LogP contribution in [-0.4, -0.2) is 56.1 Å². The van der Waals surface area contributed by atoms with E-state index in [0.717, 1.165) is 36.0 Å². The van der Waals surface area contributed by atoms with Gasteiger partial charge in [0.25, 0.3) is 11.8 Å². The van der Waals surface area contributed by atoms with Gasteiger partial charge in [-0.3, -0.25) is 9.59 Å². The molecule has 0 bridgehead atoms. The third-order valence-electron chi connectivity index (χ3n) is 4.63. The van der Waals surface area contributed by atoms with Crippen LogP contribution in [0.2, 0.25) is 5.15 Å². The molecule has 28 heavy (non-hydrogen) atoms. The number of quaternary nitrogens is 2. The van der Waals surface area contributed by atoms with Gasteiger partial charge in [-0.25, -0.2) is 9.37 Å². The van der Waals surface area contributed by atoms with Crippen molar-refractivity contribution in [3.8, 4) is 0 Å². The van der Waals surface area contributed by atoms with Gasteiger partial charge in [-0.15, -0.1) is 0 Å². The zero-order valence-corrected chi connectivity index (χ0v) is 16.1. The van der Waals surface area contributed by atoms with Crippen LogP contribution in [0.1, 0.15) is 0 Å². The van der Waals surface area contributed by atoms with Gasteiger partial charge in [-0.1, -0.05) is 17.7 Å². The summed E-state index contributed by atoms with van der Waals surface area (Å²) in [5.74, 6) is -0.640. The maximum Gasteiger partial charge on any atom is 0.279 e. The molecule has 2 aromatic rings. The summed E-state index contributed by atoms with van der Waals surface area (Å²) >= 11 is 5.95. The minimum atomic E-state index is -0.381. The molecule has 2 amide bonds. The highest BCUT2D eigenvalue weighted by Crippen LogP contribution is 2.16. The van der Waals surface area contributed by atoms with Gasteiger partial charge in [0.05, 0.1) is 5.69 Å². The van der Waals surface area contributed by atoms with Crippen LogP contribution in [0.4, 0.5) is 15.8 Å². The van der Waals surface area contributed by atoms with Crippen molar-refractivity contribution < 1.29 is 23.8 Å². The lowest BCUT2D eigenvalue weighted by Gasteiger charge is -2.29. The van der Waals surface area contributed by atoms with Gasteiger partial charge in [0.2, 0.25) is 0 Å². The number of nitrogens with one attached hydrogen (secondary N) is 4. The molecule has 0 radical (unpaired) electrons. The molecule has 2 heterocycles. The van der Waals surface area contributed by atoms with E-state index < -0.39 is 0 Å². The molecule has 0 saturated carbocycles. The van der Waals surface area contributed by atoms with Crippen LogP contribution in [0.25, 0.3) is 0 Å². The molecular formula is C19H23ClFN5O2+2. The van der Waals surface area contributed by atoms with Gasteiger partial charge in [0.1, 0.15) is 32.0 Å². The molecule has 0 atom stereocenters. The Balaban J connectivity index is 1.40. The molecule has 4 N–H and O–H groups in total. The van der Waals surface area contributed by atoms with Crippen molar-refractivity contribution in [3.63, 3.8) is 0 Å². The average molecular weight is 408 g/mol. The molecule has 9 heteroatoms. The maximum atomic E-state index is 13.2. The van der Waals surface area contributed by atoms with E-state index in [0.29, 0.717) is 24.5 Å². The Bertz CT molecular complexity index is 843. The second-order valence-electron chi connectivity index (χ2n) is 6.80. The third kappa shape index (κ3) is 5.98. The first kappa shape index (κ1) is 20.2. The minimum absolute atomic E-state index is 0.114. The van der Waals surface area contributed by atoms with Gasteiger partial charge >= 0.3 is 0 Å². The van der Waals surface area contributed by atoms with E-state index in [-0.39, 0.29) is 22.8 Å². The minimum Gasteiger partial charge on any atom is -0.321 e. The Kier molecular flexibility index (Phi) is 6.91. The van der Waals surface area contributed by atoms with E-state index in [9.17, 15) is 14.0 Å². The molecule has 3 rings (SSSR count). The smallest absolute Gasteiger partial charge is 0.279 e. The Labute approximate surface area is 167 Å². The Morgan fingerprint density at radius 2 is 1.64 bits per heavy atom. The summed E-state index contributed by atoms with van der Waals surface area (Å²) in [5.41, 5.74) is 0.964. The predicted molar refractivity (Wildman–Crippen MR) is 104 cm³/mol. The highest BCUT2D eigenvalue weighted by Gasteiger charge is 2.26. The second kappa shape index (κ2) is 9.59. The van der Waals surface area contributed by atoms with Gasteiger partial charge in [-0.05, 0) is 30.3 Å². The molecule has 1 fully saturated rings. The largest absolute Gasteiger partial charge is 0.321 e. The molecule has 1 aliphatic heterocycles. The van der Waals surface area contributed by atoms with Crippen molar-refractivity contribution >= 4 is 34.8 Å². The molecule has 1 aromatic carbocycles. The molecular weight excluding hydrogens is 385 g/mol.